The lowest BCUT2D eigenvalue weighted by Crippen LogP contribution is -2.36. The van der Waals surface area contributed by atoms with Crippen molar-refractivity contribution in [1.29, 1.82) is 0 Å². The van der Waals surface area contributed by atoms with Gasteiger partial charge < -0.3 is 10.1 Å². The monoisotopic (exact) mass is 475 g/mol. The van der Waals surface area contributed by atoms with Gasteiger partial charge in [-0.05, 0) is 54.6 Å². The second kappa shape index (κ2) is 10.6. The Morgan fingerprint density at radius 1 is 0.943 bits per heavy atom. The Labute approximate surface area is 199 Å². The van der Waals surface area contributed by atoms with Crippen LogP contribution < -0.4 is 21.2 Å². The third-order valence-electron chi connectivity index (χ3n) is 5.24. The molecule has 0 aliphatic rings. The molecule has 0 fully saturated rings. The molecule has 0 aliphatic carbocycles. The number of benzene rings is 2. The average molecular weight is 475 g/mol. The standard InChI is InChI=1S/C25H22FN5O4/c1-35-20-8-4-18(5-9-20)22-14-25(34)30(16-28-22)13-12-27-23(32)15-31-24(33)11-10-21(29-31)17-2-6-19(26)7-3-17/h2-11,14,16H,12-13,15H2,1H3,(H,27,32). The van der Waals surface area contributed by atoms with Crippen molar-refractivity contribution in [1.82, 2.24) is 24.6 Å². The molecule has 1 N–H and O–H groups in total. The van der Waals surface area contributed by atoms with Gasteiger partial charge in [0.05, 0.1) is 24.8 Å². The summed E-state index contributed by atoms with van der Waals surface area (Å²) in [6.07, 6.45) is 1.42. The SMILES string of the molecule is COc1ccc(-c2cc(=O)n(CCNC(=O)Cn3nc(-c4ccc(F)cc4)ccc3=O)cn2)cc1. The highest BCUT2D eigenvalue weighted by Gasteiger charge is 2.09. The summed E-state index contributed by atoms with van der Waals surface area (Å²) in [7, 11) is 1.58. The van der Waals surface area contributed by atoms with Crippen LogP contribution in [0.2, 0.25) is 0 Å². The number of carbonyl (C=O) groups is 1. The molecule has 0 saturated carbocycles. The number of rotatable bonds is 8. The van der Waals surface area contributed by atoms with E-state index in [9.17, 15) is 18.8 Å². The van der Waals surface area contributed by atoms with Gasteiger partial charge >= 0.3 is 0 Å². The molecule has 10 heteroatoms. The van der Waals surface area contributed by atoms with E-state index >= 15 is 0 Å². The second-order valence-corrected chi connectivity index (χ2v) is 7.61. The van der Waals surface area contributed by atoms with Crippen molar-refractivity contribution in [2.75, 3.05) is 13.7 Å². The van der Waals surface area contributed by atoms with Crippen LogP contribution in [-0.4, -0.2) is 38.9 Å². The first kappa shape index (κ1) is 23.6. The van der Waals surface area contributed by atoms with E-state index in [1.807, 2.05) is 12.1 Å². The summed E-state index contributed by atoms with van der Waals surface area (Å²) in [6.45, 7) is 0.0740. The number of nitrogens with one attached hydrogen (secondary N) is 1. The highest BCUT2D eigenvalue weighted by Crippen LogP contribution is 2.19. The number of nitrogens with zero attached hydrogens (tertiary/aromatic N) is 4. The van der Waals surface area contributed by atoms with E-state index in [0.717, 1.165) is 10.2 Å². The highest BCUT2D eigenvalue weighted by atomic mass is 19.1. The Hall–Kier alpha value is -4.60. The zero-order valence-electron chi connectivity index (χ0n) is 18.8. The fraction of sp³-hybridized carbons (Fsp3) is 0.160. The summed E-state index contributed by atoms with van der Waals surface area (Å²) in [5.41, 5.74) is 1.66. The number of methoxy groups -OCH3 is 1. The lowest BCUT2D eigenvalue weighted by molar-refractivity contribution is -0.121. The molecule has 1 amide bonds. The smallest absolute Gasteiger partial charge is 0.267 e. The summed E-state index contributed by atoms with van der Waals surface area (Å²) >= 11 is 0. The van der Waals surface area contributed by atoms with Crippen LogP contribution in [0.1, 0.15) is 0 Å². The van der Waals surface area contributed by atoms with Crippen LogP contribution in [0.3, 0.4) is 0 Å². The van der Waals surface area contributed by atoms with Crippen LogP contribution in [0.15, 0.2) is 82.6 Å². The fourth-order valence-corrected chi connectivity index (χ4v) is 3.36. The van der Waals surface area contributed by atoms with Crippen LogP contribution >= 0.6 is 0 Å². The summed E-state index contributed by atoms with van der Waals surface area (Å²) in [6, 6.07) is 17.1. The van der Waals surface area contributed by atoms with E-state index in [-0.39, 0.29) is 31.0 Å². The van der Waals surface area contributed by atoms with Crippen molar-refractivity contribution in [3.05, 3.63) is 99.6 Å². The molecule has 0 spiro atoms. The zero-order valence-corrected chi connectivity index (χ0v) is 18.8. The van der Waals surface area contributed by atoms with Crippen LogP contribution in [0, 0.1) is 5.82 Å². The molecule has 0 radical (unpaired) electrons. The predicted octanol–water partition coefficient (Wildman–Crippen LogP) is 2.10. The Balaban J connectivity index is 1.35. The van der Waals surface area contributed by atoms with Crippen LogP contribution in [0.5, 0.6) is 5.75 Å². The molecule has 2 aromatic carbocycles. The van der Waals surface area contributed by atoms with Gasteiger partial charge in [-0.1, -0.05) is 0 Å². The Bertz CT molecular complexity index is 1450. The third kappa shape index (κ3) is 5.85. The minimum atomic E-state index is -0.444. The van der Waals surface area contributed by atoms with Crippen LogP contribution in [-0.2, 0) is 17.9 Å². The second-order valence-electron chi connectivity index (χ2n) is 7.61. The molecular weight excluding hydrogens is 453 g/mol. The minimum Gasteiger partial charge on any atom is -0.497 e. The van der Waals surface area contributed by atoms with Crippen molar-refractivity contribution in [3.63, 3.8) is 0 Å². The first-order chi connectivity index (χ1) is 16.9. The van der Waals surface area contributed by atoms with Crippen molar-refractivity contribution in [2.24, 2.45) is 0 Å². The number of hydrogen-bond acceptors (Lipinski definition) is 6. The predicted molar refractivity (Wildman–Crippen MR) is 127 cm³/mol. The van der Waals surface area contributed by atoms with E-state index in [1.54, 1.807) is 19.2 Å². The molecule has 9 nitrogen and oxygen atoms in total. The largest absolute Gasteiger partial charge is 0.497 e. The maximum Gasteiger partial charge on any atom is 0.267 e. The van der Waals surface area contributed by atoms with Gasteiger partial charge in [0, 0.05) is 36.3 Å². The van der Waals surface area contributed by atoms with Gasteiger partial charge in [0.2, 0.25) is 5.91 Å². The molecular formula is C25H22FN5O4. The van der Waals surface area contributed by atoms with E-state index in [4.69, 9.17) is 4.74 Å². The van der Waals surface area contributed by atoms with E-state index < -0.39 is 11.5 Å². The van der Waals surface area contributed by atoms with Gasteiger partial charge in [0.1, 0.15) is 18.1 Å². The molecule has 35 heavy (non-hydrogen) atoms. The van der Waals surface area contributed by atoms with E-state index in [1.165, 1.54) is 53.4 Å². The average Bonchev–Trinajstić information content (AvgIpc) is 2.87. The lowest BCUT2D eigenvalue weighted by atomic mass is 10.1. The fourth-order valence-electron chi connectivity index (χ4n) is 3.36. The normalized spacial score (nSPS) is 10.7. The quantitative estimate of drug-likeness (QED) is 0.418. The Kier molecular flexibility index (Phi) is 7.10. The molecule has 0 atom stereocenters. The van der Waals surface area contributed by atoms with Crippen molar-refractivity contribution in [3.8, 4) is 28.3 Å². The van der Waals surface area contributed by atoms with Gasteiger partial charge in [-0.25, -0.2) is 14.1 Å². The Morgan fingerprint density at radius 2 is 1.63 bits per heavy atom. The van der Waals surface area contributed by atoms with Crippen LogP contribution in [0.25, 0.3) is 22.5 Å². The van der Waals surface area contributed by atoms with Crippen molar-refractivity contribution in [2.45, 2.75) is 13.1 Å². The first-order valence-electron chi connectivity index (χ1n) is 10.7. The first-order valence-corrected chi connectivity index (χ1v) is 10.7. The molecule has 4 rings (SSSR count). The highest BCUT2D eigenvalue weighted by molar-refractivity contribution is 5.75. The van der Waals surface area contributed by atoms with Gasteiger partial charge in [0.25, 0.3) is 11.1 Å². The number of carbonyl (C=O) groups excluding carboxylic acids is 1. The van der Waals surface area contributed by atoms with Gasteiger partial charge in [-0.3, -0.25) is 19.0 Å². The molecule has 0 unspecified atom stereocenters. The van der Waals surface area contributed by atoms with Crippen molar-refractivity contribution < 1.29 is 13.9 Å². The van der Waals surface area contributed by atoms with Gasteiger partial charge in [-0.15, -0.1) is 0 Å². The van der Waals surface area contributed by atoms with Gasteiger partial charge in [0.15, 0.2) is 0 Å². The molecule has 2 aromatic heterocycles. The van der Waals surface area contributed by atoms with E-state index in [0.29, 0.717) is 22.7 Å². The molecule has 0 saturated heterocycles. The Morgan fingerprint density at radius 3 is 2.31 bits per heavy atom. The molecule has 178 valence electrons. The summed E-state index contributed by atoms with van der Waals surface area (Å²) in [5.74, 6) is -0.115. The zero-order chi connectivity index (χ0) is 24.8. The maximum absolute atomic E-state index is 13.1. The van der Waals surface area contributed by atoms with Crippen LogP contribution in [0.4, 0.5) is 4.39 Å². The van der Waals surface area contributed by atoms with Crippen molar-refractivity contribution >= 4 is 5.91 Å². The summed E-state index contributed by atoms with van der Waals surface area (Å²) in [4.78, 5) is 41.2. The summed E-state index contributed by atoms with van der Waals surface area (Å²) in [5, 5.41) is 6.86. The number of ether oxygens (including phenoxy) is 1. The van der Waals surface area contributed by atoms with Gasteiger partial charge in [-0.2, -0.15) is 5.10 Å². The van der Waals surface area contributed by atoms with E-state index in [2.05, 4.69) is 15.4 Å². The number of amides is 1. The molecule has 4 aromatic rings. The lowest BCUT2D eigenvalue weighted by Gasteiger charge is -2.10. The third-order valence-corrected chi connectivity index (χ3v) is 5.24. The molecule has 0 bridgehead atoms. The minimum absolute atomic E-state index is 0.161. The number of aromatic nitrogens is 4. The number of halogens is 1. The molecule has 0 aliphatic heterocycles. The summed E-state index contributed by atoms with van der Waals surface area (Å²) < 4.78 is 20.7. The topological polar surface area (TPSA) is 108 Å². The number of hydrogen-bond donors (Lipinski definition) is 1. The molecule has 2 heterocycles. The maximum atomic E-state index is 13.1.